The van der Waals surface area contributed by atoms with E-state index >= 15 is 0 Å². The third-order valence-corrected chi connectivity index (χ3v) is 5.89. The van der Waals surface area contributed by atoms with Gasteiger partial charge in [-0.15, -0.1) is 11.3 Å². The van der Waals surface area contributed by atoms with Gasteiger partial charge in [0.25, 0.3) is 5.91 Å². The molecular weight excluding hydrogens is 391 g/mol. The van der Waals surface area contributed by atoms with E-state index in [1.54, 1.807) is 23.5 Å². The predicted octanol–water partition coefficient (Wildman–Crippen LogP) is 3.72. The molecule has 3 aromatic rings. The minimum absolute atomic E-state index is 0.0988. The molecule has 0 saturated carbocycles. The van der Waals surface area contributed by atoms with Crippen molar-refractivity contribution >= 4 is 17.2 Å². The highest BCUT2D eigenvalue weighted by Crippen LogP contribution is 2.21. The Morgan fingerprint density at radius 2 is 2.10 bits per heavy atom. The van der Waals surface area contributed by atoms with Crippen molar-refractivity contribution in [1.29, 1.82) is 0 Å². The Hall–Kier alpha value is -2.58. The van der Waals surface area contributed by atoms with Crippen LogP contribution >= 0.6 is 11.3 Å². The molecular formula is C21H23FN4O2S. The Balaban J connectivity index is 1.24. The van der Waals surface area contributed by atoms with Gasteiger partial charge in [-0.1, -0.05) is 17.3 Å². The van der Waals surface area contributed by atoms with E-state index in [1.165, 1.54) is 12.1 Å². The van der Waals surface area contributed by atoms with Crippen LogP contribution < -0.4 is 0 Å². The lowest BCUT2D eigenvalue weighted by molar-refractivity contribution is 0.0761. The van der Waals surface area contributed by atoms with Gasteiger partial charge < -0.3 is 14.3 Å². The van der Waals surface area contributed by atoms with E-state index in [2.05, 4.69) is 15.0 Å². The molecule has 1 aromatic carbocycles. The molecule has 29 heavy (non-hydrogen) atoms. The molecule has 0 radical (unpaired) electrons. The van der Waals surface area contributed by atoms with Gasteiger partial charge in [0.2, 0.25) is 11.7 Å². The summed E-state index contributed by atoms with van der Waals surface area (Å²) in [7, 11) is 0. The summed E-state index contributed by atoms with van der Waals surface area (Å²) in [6.45, 7) is 4.01. The first-order valence-corrected chi connectivity index (χ1v) is 10.7. The van der Waals surface area contributed by atoms with Crippen LogP contribution in [-0.4, -0.2) is 58.6 Å². The van der Waals surface area contributed by atoms with Crippen molar-refractivity contribution in [1.82, 2.24) is 19.9 Å². The maximum Gasteiger partial charge on any atom is 0.254 e. The van der Waals surface area contributed by atoms with Gasteiger partial charge in [0, 0.05) is 31.6 Å². The average molecular weight is 415 g/mol. The van der Waals surface area contributed by atoms with E-state index in [0.717, 1.165) is 43.8 Å². The molecule has 0 spiro atoms. The third kappa shape index (κ3) is 5.07. The minimum atomic E-state index is -0.379. The number of amides is 1. The lowest BCUT2D eigenvalue weighted by Crippen LogP contribution is -2.35. The Morgan fingerprint density at radius 1 is 1.17 bits per heavy atom. The standard InChI is InChI=1S/C21H23FN4O2S/c22-17-6-1-5-16(15-17)21(27)26-11-4-10-25(12-13-26)9-2-8-19-23-20(24-28-19)18-7-3-14-29-18/h1,3,5-7,14-15H,2,4,8-13H2. The maximum atomic E-state index is 13.4. The molecule has 0 bridgehead atoms. The second kappa shape index (κ2) is 9.28. The fourth-order valence-corrected chi connectivity index (χ4v) is 4.17. The van der Waals surface area contributed by atoms with E-state index < -0.39 is 0 Å². The van der Waals surface area contributed by atoms with Gasteiger partial charge in [0.1, 0.15) is 5.82 Å². The SMILES string of the molecule is O=C(c1cccc(F)c1)N1CCCN(CCCc2nc(-c3cccs3)no2)CC1. The quantitative estimate of drug-likeness (QED) is 0.615. The van der Waals surface area contributed by atoms with Crippen molar-refractivity contribution in [3.8, 4) is 10.7 Å². The van der Waals surface area contributed by atoms with E-state index in [4.69, 9.17) is 4.52 Å². The smallest absolute Gasteiger partial charge is 0.254 e. The van der Waals surface area contributed by atoms with E-state index in [9.17, 15) is 9.18 Å². The van der Waals surface area contributed by atoms with Gasteiger partial charge in [-0.2, -0.15) is 4.98 Å². The largest absolute Gasteiger partial charge is 0.339 e. The number of aromatic nitrogens is 2. The summed E-state index contributed by atoms with van der Waals surface area (Å²) >= 11 is 1.59. The summed E-state index contributed by atoms with van der Waals surface area (Å²) in [6, 6.07) is 9.86. The van der Waals surface area contributed by atoms with Gasteiger partial charge in [0.15, 0.2) is 0 Å². The monoisotopic (exact) mass is 414 g/mol. The number of nitrogens with zero attached hydrogens (tertiary/aromatic N) is 4. The van der Waals surface area contributed by atoms with E-state index in [-0.39, 0.29) is 11.7 Å². The molecule has 6 nitrogen and oxygen atoms in total. The normalized spacial score (nSPS) is 15.4. The summed E-state index contributed by atoms with van der Waals surface area (Å²) in [5.41, 5.74) is 0.413. The number of hydrogen-bond donors (Lipinski definition) is 0. The molecule has 152 valence electrons. The van der Waals surface area contributed by atoms with Crippen molar-refractivity contribution in [3.63, 3.8) is 0 Å². The molecule has 0 aliphatic carbocycles. The molecule has 0 unspecified atom stereocenters. The lowest BCUT2D eigenvalue weighted by atomic mass is 10.2. The number of carbonyl (C=O) groups excluding carboxylic acids is 1. The number of benzene rings is 1. The van der Waals surface area contributed by atoms with Crippen molar-refractivity contribution in [2.24, 2.45) is 0 Å². The van der Waals surface area contributed by atoms with Crippen LogP contribution in [0.4, 0.5) is 4.39 Å². The summed E-state index contributed by atoms with van der Waals surface area (Å²) < 4.78 is 18.8. The molecule has 1 aliphatic heterocycles. The van der Waals surface area contributed by atoms with Crippen molar-refractivity contribution in [3.05, 3.63) is 59.0 Å². The van der Waals surface area contributed by atoms with Crippen LogP contribution in [0.5, 0.6) is 0 Å². The molecule has 0 N–H and O–H groups in total. The minimum Gasteiger partial charge on any atom is -0.339 e. The number of rotatable bonds is 6. The Bertz CT molecular complexity index is 944. The maximum absolute atomic E-state index is 13.4. The molecule has 8 heteroatoms. The average Bonchev–Trinajstić information content (AvgIpc) is 3.36. The molecule has 1 aliphatic rings. The van der Waals surface area contributed by atoms with Crippen molar-refractivity contribution in [2.45, 2.75) is 19.3 Å². The van der Waals surface area contributed by atoms with Gasteiger partial charge in [-0.05, 0) is 55.6 Å². The van der Waals surface area contributed by atoms with Crippen LogP contribution in [0.1, 0.15) is 29.1 Å². The number of carbonyl (C=O) groups is 1. The molecule has 1 saturated heterocycles. The first-order valence-electron chi connectivity index (χ1n) is 9.83. The predicted molar refractivity (Wildman–Crippen MR) is 109 cm³/mol. The fraction of sp³-hybridized carbons (Fsp3) is 0.381. The van der Waals surface area contributed by atoms with Gasteiger partial charge >= 0.3 is 0 Å². The molecule has 3 heterocycles. The molecule has 1 fully saturated rings. The highest BCUT2D eigenvalue weighted by Gasteiger charge is 2.20. The van der Waals surface area contributed by atoms with E-state index in [1.807, 2.05) is 22.4 Å². The number of thiophene rings is 1. The number of halogens is 1. The fourth-order valence-electron chi connectivity index (χ4n) is 3.52. The highest BCUT2D eigenvalue weighted by molar-refractivity contribution is 7.13. The third-order valence-electron chi connectivity index (χ3n) is 5.02. The first kappa shape index (κ1) is 19.7. The zero-order valence-corrected chi connectivity index (χ0v) is 16.9. The van der Waals surface area contributed by atoms with Crippen molar-refractivity contribution < 1.29 is 13.7 Å². The second-order valence-electron chi connectivity index (χ2n) is 7.09. The summed E-state index contributed by atoms with van der Waals surface area (Å²) in [5, 5.41) is 6.04. The summed E-state index contributed by atoms with van der Waals surface area (Å²) in [6.07, 6.45) is 2.56. The van der Waals surface area contributed by atoms with Gasteiger partial charge in [-0.25, -0.2) is 4.39 Å². The van der Waals surface area contributed by atoms with Crippen LogP contribution in [0.3, 0.4) is 0 Å². The van der Waals surface area contributed by atoms with Crippen LogP contribution in [0.2, 0.25) is 0 Å². The lowest BCUT2D eigenvalue weighted by Gasteiger charge is -2.22. The van der Waals surface area contributed by atoms with E-state index in [0.29, 0.717) is 30.4 Å². The first-order chi connectivity index (χ1) is 14.2. The molecule has 0 atom stereocenters. The second-order valence-corrected chi connectivity index (χ2v) is 8.04. The van der Waals surface area contributed by atoms with Gasteiger partial charge in [0.05, 0.1) is 4.88 Å². The highest BCUT2D eigenvalue weighted by atomic mass is 32.1. The Morgan fingerprint density at radius 3 is 2.93 bits per heavy atom. The Labute approximate surface area is 172 Å². The van der Waals surface area contributed by atoms with Crippen LogP contribution in [0.15, 0.2) is 46.3 Å². The van der Waals surface area contributed by atoms with Crippen LogP contribution in [0.25, 0.3) is 10.7 Å². The van der Waals surface area contributed by atoms with Gasteiger partial charge in [-0.3, -0.25) is 4.79 Å². The summed E-state index contributed by atoms with van der Waals surface area (Å²) in [5.74, 6) is 0.830. The zero-order valence-electron chi connectivity index (χ0n) is 16.1. The zero-order chi connectivity index (χ0) is 20.1. The summed E-state index contributed by atoms with van der Waals surface area (Å²) in [4.78, 5) is 22.3. The van der Waals surface area contributed by atoms with Crippen molar-refractivity contribution in [2.75, 3.05) is 32.7 Å². The molecule has 1 amide bonds. The molecule has 2 aromatic heterocycles. The molecule has 4 rings (SSSR count). The Kier molecular flexibility index (Phi) is 6.31. The number of hydrogen-bond acceptors (Lipinski definition) is 6. The van der Waals surface area contributed by atoms with Crippen LogP contribution in [-0.2, 0) is 6.42 Å². The van der Waals surface area contributed by atoms with Crippen LogP contribution in [0, 0.1) is 5.82 Å². The topological polar surface area (TPSA) is 62.5 Å². The number of aryl methyl sites for hydroxylation is 1.